The fourth-order valence-corrected chi connectivity index (χ4v) is 2.16. The predicted molar refractivity (Wildman–Crippen MR) is 70.5 cm³/mol. The van der Waals surface area contributed by atoms with Gasteiger partial charge in [-0.15, -0.1) is 0 Å². The molecule has 17 heavy (non-hydrogen) atoms. The van der Waals surface area contributed by atoms with Gasteiger partial charge in [0.15, 0.2) is 0 Å². The SMILES string of the molecule is CC(C)NC(=O)c1cccc(N2CCCC2)c1. The molecule has 1 aliphatic heterocycles. The molecule has 1 N–H and O–H groups in total. The van der Waals surface area contributed by atoms with Crippen LogP contribution >= 0.6 is 0 Å². The largest absolute Gasteiger partial charge is 0.372 e. The van der Waals surface area contributed by atoms with Gasteiger partial charge in [0.25, 0.3) is 5.91 Å². The van der Waals surface area contributed by atoms with Crippen LogP contribution in [-0.4, -0.2) is 25.0 Å². The number of carbonyl (C=O) groups excluding carboxylic acids is 1. The van der Waals surface area contributed by atoms with E-state index in [1.54, 1.807) is 0 Å². The predicted octanol–water partition coefficient (Wildman–Crippen LogP) is 2.43. The zero-order chi connectivity index (χ0) is 12.3. The van der Waals surface area contributed by atoms with E-state index in [-0.39, 0.29) is 11.9 Å². The van der Waals surface area contributed by atoms with Crippen molar-refractivity contribution in [1.82, 2.24) is 5.32 Å². The first kappa shape index (κ1) is 12.0. The van der Waals surface area contributed by atoms with E-state index in [4.69, 9.17) is 0 Å². The van der Waals surface area contributed by atoms with Crippen molar-refractivity contribution in [3.8, 4) is 0 Å². The summed E-state index contributed by atoms with van der Waals surface area (Å²) in [5, 5.41) is 2.92. The molecule has 0 atom stereocenters. The third-order valence-corrected chi connectivity index (χ3v) is 3.00. The second kappa shape index (κ2) is 5.21. The van der Waals surface area contributed by atoms with Gasteiger partial charge in [-0.3, -0.25) is 4.79 Å². The molecule has 0 aliphatic carbocycles. The van der Waals surface area contributed by atoms with E-state index in [2.05, 4.69) is 16.3 Å². The van der Waals surface area contributed by atoms with E-state index in [1.165, 1.54) is 18.5 Å². The van der Waals surface area contributed by atoms with Crippen LogP contribution in [0.5, 0.6) is 0 Å². The first-order valence-electron chi connectivity index (χ1n) is 6.32. The number of carbonyl (C=O) groups is 1. The highest BCUT2D eigenvalue weighted by atomic mass is 16.1. The number of nitrogens with zero attached hydrogens (tertiary/aromatic N) is 1. The number of hydrogen-bond donors (Lipinski definition) is 1. The Morgan fingerprint density at radius 2 is 2.00 bits per heavy atom. The molecule has 1 heterocycles. The molecule has 0 aromatic heterocycles. The van der Waals surface area contributed by atoms with Gasteiger partial charge in [-0.2, -0.15) is 0 Å². The molecule has 3 heteroatoms. The Kier molecular flexibility index (Phi) is 3.67. The van der Waals surface area contributed by atoms with Gasteiger partial charge in [0.05, 0.1) is 0 Å². The van der Waals surface area contributed by atoms with Gasteiger partial charge in [-0.25, -0.2) is 0 Å². The Balaban J connectivity index is 2.13. The topological polar surface area (TPSA) is 32.3 Å². The summed E-state index contributed by atoms with van der Waals surface area (Å²) in [6.07, 6.45) is 2.50. The first-order chi connectivity index (χ1) is 8.16. The lowest BCUT2D eigenvalue weighted by molar-refractivity contribution is 0.0943. The van der Waals surface area contributed by atoms with Crippen molar-refractivity contribution in [2.75, 3.05) is 18.0 Å². The Morgan fingerprint density at radius 3 is 2.65 bits per heavy atom. The van der Waals surface area contributed by atoms with Crippen LogP contribution in [0.4, 0.5) is 5.69 Å². The number of amides is 1. The van der Waals surface area contributed by atoms with E-state index in [9.17, 15) is 4.79 Å². The van der Waals surface area contributed by atoms with Crippen molar-refractivity contribution in [2.45, 2.75) is 32.7 Å². The van der Waals surface area contributed by atoms with Crippen LogP contribution in [0.1, 0.15) is 37.0 Å². The summed E-state index contributed by atoms with van der Waals surface area (Å²) in [5.41, 5.74) is 1.92. The third kappa shape index (κ3) is 2.99. The fourth-order valence-electron chi connectivity index (χ4n) is 2.16. The highest BCUT2D eigenvalue weighted by molar-refractivity contribution is 5.95. The average Bonchev–Trinajstić information content (AvgIpc) is 2.82. The van der Waals surface area contributed by atoms with E-state index in [1.807, 2.05) is 32.0 Å². The summed E-state index contributed by atoms with van der Waals surface area (Å²) in [6.45, 7) is 6.16. The van der Waals surface area contributed by atoms with Crippen LogP contribution < -0.4 is 10.2 Å². The van der Waals surface area contributed by atoms with Crippen molar-refractivity contribution in [1.29, 1.82) is 0 Å². The molecule has 0 saturated carbocycles. The van der Waals surface area contributed by atoms with E-state index in [0.29, 0.717) is 0 Å². The van der Waals surface area contributed by atoms with Gasteiger partial charge in [0.2, 0.25) is 0 Å². The molecular weight excluding hydrogens is 212 g/mol. The number of rotatable bonds is 3. The second-order valence-electron chi connectivity index (χ2n) is 4.87. The van der Waals surface area contributed by atoms with Crippen molar-refractivity contribution in [3.63, 3.8) is 0 Å². The van der Waals surface area contributed by atoms with Gasteiger partial charge in [-0.05, 0) is 44.9 Å². The number of benzene rings is 1. The van der Waals surface area contributed by atoms with Crippen LogP contribution in [0.2, 0.25) is 0 Å². The van der Waals surface area contributed by atoms with E-state index in [0.717, 1.165) is 18.7 Å². The minimum atomic E-state index is 0.0149. The summed E-state index contributed by atoms with van der Waals surface area (Å²) < 4.78 is 0. The smallest absolute Gasteiger partial charge is 0.251 e. The summed E-state index contributed by atoms with van der Waals surface area (Å²) in [5.74, 6) is 0.0149. The first-order valence-corrected chi connectivity index (χ1v) is 6.32. The lowest BCUT2D eigenvalue weighted by Crippen LogP contribution is -2.30. The molecule has 3 nitrogen and oxygen atoms in total. The van der Waals surface area contributed by atoms with Gasteiger partial charge in [-0.1, -0.05) is 6.07 Å². The van der Waals surface area contributed by atoms with Crippen LogP contribution in [0.15, 0.2) is 24.3 Å². The molecule has 1 aliphatic rings. The minimum absolute atomic E-state index is 0.0149. The van der Waals surface area contributed by atoms with E-state index >= 15 is 0 Å². The van der Waals surface area contributed by atoms with Crippen molar-refractivity contribution in [2.24, 2.45) is 0 Å². The van der Waals surface area contributed by atoms with Crippen molar-refractivity contribution >= 4 is 11.6 Å². The van der Waals surface area contributed by atoms with Gasteiger partial charge in [0, 0.05) is 30.4 Å². The van der Waals surface area contributed by atoms with Gasteiger partial charge >= 0.3 is 0 Å². The molecule has 0 radical (unpaired) electrons. The quantitative estimate of drug-likeness (QED) is 0.868. The van der Waals surface area contributed by atoms with E-state index < -0.39 is 0 Å². The maximum absolute atomic E-state index is 11.9. The minimum Gasteiger partial charge on any atom is -0.372 e. The lowest BCUT2D eigenvalue weighted by Gasteiger charge is -2.18. The Hall–Kier alpha value is -1.51. The third-order valence-electron chi connectivity index (χ3n) is 3.00. The zero-order valence-corrected chi connectivity index (χ0v) is 10.6. The standard InChI is InChI=1S/C14H20N2O/c1-11(2)15-14(17)12-6-5-7-13(10-12)16-8-3-4-9-16/h5-7,10-11H,3-4,8-9H2,1-2H3,(H,15,17). The van der Waals surface area contributed by atoms with Crippen LogP contribution in [0.3, 0.4) is 0 Å². The van der Waals surface area contributed by atoms with Gasteiger partial charge < -0.3 is 10.2 Å². The molecule has 1 amide bonds. The molecule has 1 aromatic carbocycles. The molecular formula is C14H20N2O. The normalized spacial score (nSPS) is 15.4. The number of nitrogens with one attached hydrogen (secondary N) is 1. The van der Waals surface area contributed by atoms with Gasteiger partial charge in [0.1, 0.15) is 0 Å². The molecule has 1 fully saturated rings. The summed E-state index contributed by atoms with van der Waals surface area (Å²) in [7, 11) is 0. The zero-order valence-electron chi connectivity index (χ0n) is 10.6. The molecule has 0 spiro atoms. The van der Waals surface area contributed by atoms with Crippen molar-refractivity contribution < 1.29 is 4.79 Å². The lowest BCUT2D eigenvalue weighted by atomic mass is 10.1. The summed E-state index contributed by atoms with van der Waals surface area (Å²) in [6, 6.07) is 8.08. The number of anilines is 1. The second-order valence-corrected chi connectivity index (χ2v) is 4.87. The van der Waals surface area contributed by atoms with Crippen LogP contribution in [0.25, 0.3) is 0 Å². The Labute approximate surface area is 103 Å². The fraction of sp³-hybridized carbons (Fsp3) is 0.500. The maximum Gasteiger partial charge on any atom is 0.251 e. The highest BCUT2D eigenvalue weighted by Crippen LogP contribution is 2.21. The molecule has 2 rings (SSSR count). The number of hydrogen-bond acceptors (Lipinski definition) is 2. The molecule has 0 bridgehead atoms. The molecule has 0 unspecified atom stereocenters. The van der Waals surface area contributed by atoms with Crippen LogP contribution in [0, 0.1) is 0 Å². The Bertz CT molecular complexity index is 395. The molecule has 92 valence electrons. The maximum atomic E-state index is 11.9. The summed E-state index contributed by atoms with van der Waals surface area (Å²) in [4.78, 5) is 14.2. The Morgan fingerprint density at radius 1 is 1.29 bits per heavy atom. The molecule has 1 saturated heterocycles. The van der Waals surface area contributed by atoms with Crippen LogP contribution in [-0.2, 0) is 0 Å². The molecule has 1 aromatic rings. The monoisotopic (exact) mass is 232 g/mol. The average molecular weight is 232 g/mol. The van der Waals surface area contributed by atoms with Crippen molar-refractivity contribution in [3.05, 3.63) is 29.8 Å². The highest BCUT2D eigenvalue weighted by Gasteiger charge is 2.14. The summed E-state index contributed by atoms with van der Waals surface area (Å²) >= 11 is 0.